The third-order valence-corrected chi connectivity index (χ3v) is 8.45. The third kappa shape index (κ3) is 4.05. The predicted octanol–water partition coefficient (Wildman–Crippen LogP) is 10.4. The van der Waals surface area contributed by atoms with E-state index in [9.17, 15) is 15.3 Å². The number of hydrogen-bond donors (Lipinski definition) is 3. The first kappa shape index (κ1) is 25.0. The molecule has 0 bridgehead atoms. The highest BCUT2D eigenvalue weighted by Gasteiger charge is 2.21. The number of phenolic OH excluding ortho intramolecular Hbond substituents is 3. The van der Waals surface area contributed by atoms with Gasteiger partial charge in [0.2, 0.25) is 0 Å². The third-order valence-electron chi connectivity index (χ3n) is 8.45. The van der Waals surface area contributed by atoms with Crippen LogP contribution < -0.4 is 0 Å². The fourth-order valence-electron chi connectivity index (χ4n) is 6.59. The summed E-state index contributed by atoms with van der Waals surface area (Å²) in [5, 5.41) is 37.9. The van der Waals surface area contributed by atoms with Crippen molar-refractivity contribution >= 4 is 32.3 Å². The summed E-state index contributed by atoms with van der Waals surface area (Å²) in [4.78, 5) is 0. The zero-order valence-electron chi connectivity index (χ0n) is 23.1. The molecule has 0 fully saturated rings. The number of rotatable bonds is 4. The van der Waals surface area contributed by atoms with Gasteiger partial charge in [-0.15, -0.1) is 0 Å². The number of hydrogen-bond acceptors (Lipinski definition) is 3. The SMILES string of the molecule is Oc1cccc(-c2cc(-c3ccccc3)c3ccc4c(-c5cccc(O)c5)cc(-c5cccc(O)c5)c5ccc2c3c45)c1. The minimum absolute atomic E-state index is 0.208. The number of phenols is 3. The Morgan fingerprint density at radius 2 is 0.605 bits per heavy atom. The van der Waals surface area contributed by atoms with Gasteiger partial charge >= 0.3 is 0 Å². The molecule has 0 aromatic heterocycles. The Bertz CT molecular complexity index is 2250. The second-order valence-corrected chi connectivity index (χ2v) is 11.0. The van der Waals surface area contributed by atoms with Crippen molar-refractivity contribution in [2.45, 2.75) is 0 Å². The fourth-order valence-corrected chi connectivity index (χ4v) is 6.59. The summed E-state index contributed by atoms with van der Waals surface area (Å²) < 4.78 is 0. The van der Waals surface area contributed by atoms with Crippen molar-refractivity contribution in [2.75, 3.05) is 0 Å². The van der Waals surface area contributed by atoms with Crippen LogP contribution in [0.4, 0.5) is 0 Å². The van der Waals surface area contributed by atoms with Crippen LogP contribution in [-0.4, -0.2) is 15.3 Å². The van der Waals surface area contributed by atoms with Gasteiger partial charge in [-0.3, -0.25) is 0 Å². The molecular formula is C40H26O3. The number of aromatic hydroxyl groups is 3. The van der Waals surface area contributed by atoms with Crippen LogP contribution in [0.5, 0.6) is 17.2 Å². The van der Waals surface area contributed by atoms with E-state index in [0.29, 0.717) is 0 Å². The summed E-state index contributed by atoms with van der Waals surface area (Å²) in [6.07, 6.45) is 0. The molecule has 0 spiro atoms. The maximum Gasteiger partial charge on any atom is 0.116 e. The van der Waals surface area contributed by atoms with Crippen LogP contribution in [0.1, 0.15) is 0 Å². The normalized spacial score (nSPS) is 11.5. The molecule has 0 aliphatic rings. The summed E-state index contributed by atoms with van der Waals surface area (Å²) in [5.41, 5.74) is 8.03. The molecule has 3 N–H and O–H groups in total. The number of benzene rings is 8. The molecule has 0 saturated carbocycles. The molecule has 204 valence electrons. The first-order chi connectivity index (χ1) is 21.0. The molecule has 3 heteroatoms. The van der Waals surface area contributed by atoms with Crippen molar-refractivity contribution in [3.63, 3.8) is 0 Å². The van der Waals surface area contributed by atoms with E-state index in [2.05, 4.69) is 60.7 Å². The summed E-state index contributed by atoms with van der Waals surface area (Å²) in [7, 11) is 0. The Hall–Kier alpha value is -5.80. The summed E-state index contributed by atoms with van der Waals surface area (Å²) in [6.45, 7) is 0. The van der Waals surface area contributed by atoms with E-state index in [0.717, 1.165) is 76.8 Å². The molecule has 8 aromatic carbocycles. The first-order valence-corrected chi connectivity index (χ1v) is 14.3. The second kappa shape index (κ2) is 9.64. The zero-order chi connectivity index (χ0) is 29.1. The largest absolute Gasteiger partial charge is 0.508 e. The van der Waals surface area contributed by atoms with Crippen LogP contribution in [0.15, 0.2) is 140 Å². The Balaban J connectivity index is 1.59. The lowest BCUT2D eigenvalue weighted by Crippen LogP contribution is -1.94. The highest BCUT2D eigenvalue weighted by molar-refractivity contribution is 6.32. The zero-order valence-corrected chi connectivity index (χ0v) is 23.1. The van der Waals surface area contributed by atoms with Gasteiger partial charge in [-0.05, 0) is 125 Å². The highest BCUT2D eigenvalue weighted by Crippen LogP contribution is 2.48. The van der Waals surface area contributed by atoms with Crippen LogP contribution in [0.3, 0.4) is 0 Å². The van der Waals surface area contributed by atoms with Gasteiger partial charge < -0.3 is 15.3 Å². The molecule has 8 aromatic rings. The van der Waals surface area contributed by atoms with Gasteiger partial charge in [-0.25, -0.2) is 0 Å². The van der Waals surface area contributed by atoms with Gasteiger partial charge in [-0.1, -0.05) is 91.0 Å². The van der Waals surface area contributed by atoms with E-state index < -0.39 is 0 Å². The van der Waals surface area contributed by atoms with Gasteiger partial charge in [0.15, 0.2) is 0 Å². The van der Waals surface area contributed by atoms with E-state index in [1.807, 2.05) is 48.5 Å². The molecule has 0 amide bonds. The Morgan fingerprint density at radius 1 is 0.279 bits per heavy atom. The van der Waals surface area contributed by atoms with E-state index in [1.54, 1.807) is 30.3 Å². The monoisotopic (exact) mass is 554 g/mol. The Kier molecular flexibility index (Phi) is 5.60. The standard InChI is InChI=1S/C40H26O3/c41-28-12-4-9-25(19-28)36-22-35(24-7-2-1-3-8-24)31-15-16-33-37(26-10-5-13-29(42)20-26)23-38(27-11-6-14-30(43)21-27)34-18-17-32(36)39(31)40(33)34/h1-23,41-43H. The molecule has 43 heavy (non-hydrogen) atoms. The van der Waals surface area contributed by atoms with Crippen molar-refractivity contribution in [3.8, 4) is 61.8 Å². The van der Waals surface area contributed by atoms with Gasteiger partial charge in [-0.2, -0.15) is 0 Å². The van der Waals surface area contributed by atoms with Gasteiger partial charge in [0, 0.05) is 0 Å². The summed E-state index contributed by atoms with van der Waals surface area (Å²) >= 11 is 0. The maximum absolute atomic E-state index is 10.4. The first-order valence-electron chi connectivity index (χ1n) is 14.3. The van der Waals surface area contributed by atoms with Crippen molar-refractivity contribution in [1.82, 2.24) is 0 Å². The van der Waals surface area contributed by atoms with Crippen LogP contribution in [0.25, 0.3) is 76.8 Å². The molecule has 3 nitrogen and oxygen atoms in total. The smallest absolute Gasteiger partial charge is 0.116 e. The maximum atomic E-state index is 10.4. The summed E-state index contributed by atoms with van der Waals surface area (Å²) in [6, 6.07) is 45.7. The van der Waals surface area contributed by atoms with Crippen LogP contribution in [-0.2, 0) is 0 Å². The molecule has 0 heterocycles. The van der Waals surface area contributed by atoms with E-state index in [-0.39, 0.29) is 17.2 Å². The molecule has 0 saturated heterocycles. The van der Waals surface area contributed by atoms with Gasteiger partial charge in [0.1, 0.15) is 17.2 Å². The van der Waals surface area contributed by atoms with Crippen molar-refractivity contribution in [3.05, 3.63) is 140 Å². The molecule has 8 rings (SSSR count). The average Bonchev–Trinajstić information content (AvgIpc) is 3.03. The van der Waals surface area contributed by atoms with Crippen molar-refractivity contribution < 1.29 is 15.3 Å². The van der Waals surface area contributed by atoms with Crippen LogP contribution in [0, 0.1) is 0 Å². The second-order valence-electron chi connectivity index (χ2n) is 11.0. The van der Waals surface area contributed by atoms with Crippen LogP contribution >= 0.6 is 0 Å². The average molecular weight is 555 g/mol. The quantitative estimate of drug-likeness (QED) is 0.190. The predicted molar refractivity (Wildman–Crippen MR) is 177 cm³/mol. The summed E-state index contributed by atoms with van der Waals surface area (Å²) in [5.74, 6) is 0.640. The van der Waals surface area contributed by atoms with E-state index >= 15 is 0 Å². The van der Waals surface area contributed by atoms with Crippen molar-refractivity contribution in [2.24, 2.45) is 0 Å². The van der Waals surface area contributed by atoms with E-state index in [4.69, 9.17) is 0 Å². The minimum Gasteiger partial charge on any atom is -0.508 e. The van der Waals surface area contributed by atoms with Gasteiger partial charge in [0.25, 0.3) is 0 Å². The lowest BCUT2D eigenvalue weighted by Gasteiger charge is -2.21. The lowest BCUT2D eigenvalue weighted by molar-refractivity contribution is 0.475. The van der Waals surface area contributed by atoms with Gasteiger partial charge in [0.05, 0.1) is 0 Å². The minimum atomic E-state index is 0.208. The molecule has 0 atom stereocenters. The Labute approximate surface area is 248 Å². The van der Waals surface area contributed by atoms with E-state index in [1.165, 1.54) is 0 Å². The molecule has 0 unspecified atom stereocenters. The van der Waals surface area contributed by atoms with Crippen molar-refractivity contribution in [1.29, 1.82) is 0 Å². The highest BCUT2D eigenvalue weighted by atomic mass is 16.3. The lowest BCUT2D eigenvalue weighted by atomic mass is 9.82. The fraction of sp³-hybridized carbons (Fsp3) is 0. The molecule has 0 aliphatic carbocycles. The van der Waals surface area contributed by atoms with Crippen LogP contribution in [0.2, 0.25) is 0 Å². The molecule has 0 radical (unpaired) electrons. The Morgan fingerprint density at radius 3 is 0.953 bits per heavy atom. The molecular weight excluding hydrogens is 528 g/mol. The molecule has 0 aliphatic heterocycles. The topological polar surface area (TPSA) is 60.7 Å².